The Bertz CT molecular complexity index is 1330. The van der Waals surface area contributed by atoms with Crippen molar-refractivity contribution < 1.29 is 14.6 Å². The molecule has 0 saturated heterocycles. The summed E-state index contributed by atoms with van der Waals surface area (Å²) in [7, 11) is 0. The van der Waals surface area contributed by atoms with Gasteiger partial charge < -0.3 is 15.2 Å². The lowest BCUT2D eigenvalue weighted by Crippen LogP contribution is -2.43. The van der Waals surface area contributed by atoms with Gasteiger partial charge in [-0.05, 0) is 56.4 Å². The summed E-state index contributed by atoms with van der Waals surface area (Å²) in [6, 6.07) is 16.9. The standard InChI is InChI=1S/C30H40N4O5/c1-4-5-6-7-11-20-33-27(35)26(32-34(29(33)38)22-24-14-9-8-10-15-24)31-19-13-17-23-16-12-18-25(21-23)39-30(2,3)28(36)37/h8-10,12,14-16,18,21H,4-7,11,13,17,19-20,22H2,1-3H3,(H,31,32)(H,36,37). The lowest BCUT2D eigenvalue weighted by Gasteiger charge is -2.21. The van der Waals surface area contributed by atoms with E-state index in [1.165, 1.54) is 23.1 Å². The van der Waals surface area contributed by atoms with Crippen LogP contribution in [0.1, 0.15) is 70.4 Å². The van der Waals surface area contributed by atoms with E-state index in [0.717, 1.165) is 43.2 Å². The van der Waals surface area contributed by atoms with Crippen LogP contribution in [0, 0.1) is 0 Å². The Hall–Kier alpha value is -3.88. The molecular formula is C30H40N4O5. The Morgan fingerprint density at radius 2 is 1.69 bits per heavy atom. The largest absolute Gasteiger partial charge is 0.478 e. The third-order valence-electron chi connectivity index (χ3n) is 6.50. The van der Waals surface area contributed by atoms with Crippen molar-refractivity contribution >= 4 is 11.8 Å². The molecule has 0 radical (unpaired) electrons. The predicted molar refractivity (Wildman–Crippen MR) is 153 cm³/mol. The summed E-state index contributed by atoms with van der Waals surface area (Å²) in [4.78, 5) is 37.7. The van der Waals surface area contributed by atoms with Crippen LogP contribution >= 0.6 is 0 Å². The average Bonchev–Trinajstić information content (AvgIpc) is 2.91. The molecule has 0 aliphatic rings. The molecule has 0 aliphatic carbocycles. The molecule has 9 heteroatoms. The van der Waals surface area contributed by atoms with E-state index in [1.54, 1.807) is 6.07 Å². The number of ether oxygens (including phenoxy) is 1. The Balaban J connectivity index is 1.69. The number of rotatable bonds is 16. The summed E-state index contributed by atoms with van der Waals surface area (Å²) >= 11 is 0. The molecule has 0 aliphatic heterocycles. The number of carboxylic acid groups (broad SMARTS) is 1. The molecular weight excluding hydrogens is 496 g/mol. The molecule has 0 unspecified atom stereocenters. The van der Waals surface area contributed by atoms with Crippen molar-refractivity contribution in [3.8, 4) is 5.75 Å². The topological polar surface area (TPSA) is 115 Å². The summed E-state index contributed by atoms with van der Waals surface area (Å²) < 4.78 is 8.29. The van der Waals surface area contributed by atoms with Gasteiger partial charge in [0.1, 0.15) is 5.75 Å². The van der Waals surface area contributed by atoms with Crippen LogP contribution in [-0.4, -0.2) is 37.6 Å². The quantitative estimate of drug-likeness (QED) is 0.255. The Morgan fingerprint density at radius 1 is 0.974 bits per heavy atom. The van der Waals surface area contributed by atoms with E-state index in [9.17, 15) is 19.5 Å². The molecule has 39 heavy (non-hydrogen) atoms. The molecule has 210 valence electrons. The van der Waals surface area contributed by atoms with Crippen molar-refractivity contribution in [2.24, 2.45) is 0 Å². The second-order valence-electron chi connectivity index (χ2n) is 10.2. The van der Waals surface area contributed by atoms with Gasteiger partial charge >= 0.3 is 11.7 Å². The monoisotopic (exact) mass is 536 g/mol. The minimum Gasteiger partial charge on any atom is -0.478 e. The summed E-state index contributed by atoms with van der Waals surface area (Å²) in [6.07, 6.45) is 6.47. The van der Waals surface area contributed by atoms with Gasteiger partial charge in [0.2, 0.25) is 5.82 Å². The summed E-state index contributed by atoms with van der Waals surface area (Å²) in [5, 5.41) is 16.8. The second-order valence-corrected chi connectivity index (χ2v) is 10.2. The van der Waals surface area contributed by atoms with Gasteiger partial charge in [0.15, 0.2) is 5.60 Å². The zero-order chi connectivity index (χ0) is 28.3. The number of unbranched alkanes of at least 4 members (excludes halogenated alkanes) is 4. The number of hydrogen-bond acceptors (Lipinski definition) is 6. The van der Waals surface area contributed by atoms with E-state index >= 15 is 0 Å². The first-order valence-electron chi connectivity index (χ1n) is 13.7. The third-order valence-corrected chi connectivity index (χ3v) is 6.50. The predicted octanol–water partition coefficient (Wildman–Crippen LogP) is 4.71. The van der Waals surface area contributed by atoms with Crippen LogP contribution in [0.15, 0.2) is 64.2 Å². The van der Waals surface area contributed by atoms with E-state index < -0.39 is 22.8 Å². The zero-order valence-electron chi connectivity index (χ0n) is 23.2. The van der Waals surface area contributed by atoms with E-state index in [2.05, 4.69) is 17.3 Å². The number of anilines is 1. The molecule has 0 spiro atoms. The van der Waals surface area contributed by atoms with Gasteiger partial charge in [-0.3, -0.25) is 9.36 Å². The summed E-state index contributed by atoms with van der Waals surface area (Å²) in [5.74, 6) is -0.381. The Labute approximate surface area is 229 Å². The molecule has 1 heterocycles. The van der Waals surface area contributed by atoms with Crippen LogP contribution < -0.4 is 21.3 Å². The van der Waals surface area contributed by atoms with E-state index in [1.807, 2.05) is 48.5 Å². The molecule has 0 bridgehead atoms. The maximum absolute atomic E-state index is 13.2. The lowest BCUT2D eigenvalue weighted by atomic mass is 10.1. The fraction of sp³-hybridized carbons (Fsp3) is 0.467. The molecule has 3 aromatic rings. The number of aromatic nitrogens is 3. The number of nitrogens with one attached hydrogen (secondary N) is 1. The van der Waals surface area contributed by atoms with Crippen LogP contribution in [0.4, 0.5) is 5.82 Å². The van der Waals surface area contributed by atoms with Crippen LogP contribution in [-0.2, 0) is 24.3 Å². The highest BCUT2D eigenvalue weighted by Gasteiger charge is 2.29. The van der Waals surface area contributed by atoms with Gasteiger partial charge in [0.25, 0.3) is 5.56 Å². The number of aryl methyl sites for hydroxylation is 1. The highest BCUT2D eigenvalue weighted by molar-refractivity contribution is 5.76. The number of carboxylic acids is 1. The normalized spacial score (nSPS) is 11.4. The zero-order valence-corrected chi connectivity index (χ0v) is 23.2. The minimum absolute atomic E-state index is 0.166. The Morgan fingerprint density at radius 3 is 2.41 bits per heavy atom. The molecule has 0 amide bonds. The van der Waals surface area contributed by atoms with E-state index in [-0.39, 0.29) is 12.4 Å². The molecule has 0 fully saturated rings. The molecule has 0 atom stereocenters. The molecule has 3 rings (SSSR count). The lowest BCUT2D eigenvalue weighted by molar-refractivity contribution is -0.152. The number of nitrogens with zero attached hydrogens (tertiary/aromatic N) is 3. The van der Waals surface area contributed by atoms with Gasteiger partial charge in [-0.1, -0.05) is 75.1 Å². The van der Waals surface area contributed by atoms with Gasteiger partial charge in [0, 0.05) is 13.1 Å². The number of aliphatic carboxylic acids is 1. The van der Waals surface area contributed by atoms with E-state index in [0.29, 0.717) is 31.7 Å². The third kappa shape index (κ3) is 8.84. The SMILES string of the molecule is CCCCCCCn1c(=O)c(NCCCc2cccc(OC(C)(C)C(=O)O)c2)nn(Cc2ccccc2)c1=O. The van der Waals surface area contributed by atoms with Gasteiger partial charge in [-0.15, -0.1) is 5.10 Å². The molecule has 0 saturated carbocycles. The first-order valence-corrected chi connectivity index (χ1v) is 13.7. The van der Waals surface area contributed by atoms with Crippen molar-refractivity contribution in [3.63, 3.8) is 0 Å². The number of carbonyl (C=O) groups is 1. The average molecular weight is 537 g/mol. The maximum atomic E-state index is 13.2. The van der Waals surface area contributed by atoms with Crippen molar-refractivity contribution in [2.75, 3.05) is 11.9 Å². The maximum Gasteiger partial charge on any atom is 0.347 e. The fourth-order valence-corrected chi connectivity index (χ4v) is 4.20. The Kier molecular flexibility index (Phi) is 10.9. The van der Waals surface area contributed by atoms with Crippen LogP contribution in [0.3, 0.4) is 0 Å². The van der Waals surface area contributed by atoms with Crippen molar-refractivity contribution in [1.29, 1.82) is 0 Å². The van der Waals surface area contributed by atoms with Gasteiger partial charge in [0.05, 0.1) is 6.54 Å². The molecule has 2 aromatic carbocycles. The fourth-order valence-electron chi connectivity index (χ4n) is 4.20. The summed E-state index contributed by atoms with van der Waals surface area (Å²) in [5.41, 5.74) is -0.205. The van der Waals surface area contributed by atoms with Crippen molar-refractivity contribution in [3.05, 3.63) is 86.6 Å². The second kappa shape index (κ2) is 14.3. The first-order chi connectivity index (χ1) is 18.7. The minimum atomic E-state index is -1.33. The van der Waals surface area contributed by atoms with Crippen molar-refractivity contribution in [1.82, 2.24) is 14.3 Å². The highest BCUT2D eigenvalue weighted by atomic mass is 16.5. The number of hydrogen-bond donors (Lipinski definition) is 2. The highest BCUT2D eigenvalue weighted by Crippen LogP contribution is 2.20. The molecule has 1 aromatic heterocycles. The van der Waals surface area contributed by atoms with Gasteiger partial charge in [-0.25, -0.2) is 14.3 Å². The molecule has 9 nitrogen and oxygen atoms in total. The first kappa shape index (κ1) is 29.7. The summed E-state index contributed by atoms with van der Waals surface area (Å²) in [6.45, 7) is 6.30. The van der Waals surface area contributed by atoms with Crippen LogP contribution in [0.25, 0.3) is 0 Å². The van der Waals surface area contributed by atoms with Crippen LogP contribution in [0.2, 0.25) is 0 Å². The smallest absolute Gasteiger partial charge is 0.347 e. The van der Waals surface area contributed by atoms with Crippen molar-refractivity contribution in [2.45, 2.75) is 84.4 Å². The van der Waals surface area contributed by atoms with E-state index in [4.69, 9.17) is 4.74 Å². The number of benzene rings is 2. The molecule has 2 N–H and O–H groups in total. The van der Waals surface area contributed by atoms with Crippen LogP contribution in [0.5, 0.6) is 5.75 Å². The van der Waals surface area contributed by atoms with Gasteiger partial charge in [-0.2, -0.15) is 0 Å².